The number of carbonyl (C=O) groups excluding carboxylic acids is 2. The number of alkyl halides is 3. The van der Waals surface area contributed by atoms with E-state index in [4.69, 9.17) is 9.47 Å². The molecule has 0 fully saturated rings. The van der Waals surface area contributed by atoms with Gasteiger partial charge >= 0.3 is 12.1 Å². The summed E-state index contributed by atoms with van der Waals surface area (Å²) >= 11 is 0. The lowest BCUT2D eigenvalue weighted by molar-refractivity contribution is -0.142. The van der Waals surface area contributed by atoms with E-state index in [1.807, 2.05) is 30.3 Å². The molecule has 0 saturated carbocycles. The molecule has 0 radical (unpaired) electrons. The SMILES string of the molecule is CCOC(=O)Cc1ccc(OC)c(-c2ccc(C(F)(F)F)cc2CN(CC)C(=O)CCc2ccccc2)c1. The van der Waals surface area contributed by atoms with Gasteiger partial charge in [-0.05, 0) is 66.8 Å². The average molecular weight is 528 g/mol. The normalized spacial score (nSPS) is 11.2. The van der Waals surface area contributed by atoms with E-state index in [-0.39, 0.29) is 31.9 Å². The quantitative estimate of drug-likeness (QED) is 0.268. The van der Waals surface area contributed by atoms with Crippen LogP contribution in [0.5, 0.6) is 5.75 Å². The van der Waals surface area contributed by atoms with E-state index in [2.05, 4.69) is 0 Å². The van der Waals surface area contributed by atoms with Crippen LogP contribution < -0.4 is 4.74 Å². The Morgan fingerprint density at radius 3 is 2.26 bits per heavy atom. The molecule has 0 saturated heterocycles. The smallest absolute Gasteiger partial charge is 0.416 e. The second-order valence-corrected chi connectivity index (χ2v) is 8.78. The van der Waals surface area contributed by atoms with Crippen LogP contribution in [0.3, 0.4) is 0 Å². The van der Waals surface area contributed by atoms with Crippen LogP contribution in [0.1, 0.15) is 42.5 Å². The summed E-state index contributed by atoms with van der Waals surface area (Å²) in [7, 11) is 1.47. The number of aryl methyl sites for hydroxylation is 1. The van der Waals surface area contributed by atoms with Crippen LogP contribution in [0.25, 0.3) is 11.1 Å². The zero-order valence-electron chi connectivity index (χ0n) is 21.8. The number of ether oxygens (including phenoxy) is 2. The van der Waals surface area contributed by atoms with Crippen molar-refractivity contribution >= 4 is 11.9 Å². The van der Waals surface area contributed by atoms with Gasteiger partial charge in [0.1, 0.15) is 5.75 Å². The van der Waals surface area contributed by atoms with Gasteiger partial charge < -0.3 is 14.4 Å². The Morgan fingerprint density at radius 1 is 0.895 bits per heavy atom. The van der Waals surface area contributed by atoms with Gasteiger partial charge in [-0.25, -0.2) is 0 Å². The van der Waals surface area contributed by atoms with Gasteiger partial charge in [0.15, 0.2) is 0 Å². The highest BCUT2D eigenvalue weighted by Crippen LogP contribution is 2.38. The second kappa shape index (κ2) is 13.1. The summed E-state index contributed by atoms with van der Waals surface area (Å²) in [5.74, 6) is -0.114. The molecule has 3 aromatic carbocycles. The predicted octanol–water partition coefficient (Wildman–Crippen LogP) is 6.47. The standard InChI is InChI=1S/C30H32F3NO4/c1-4-34(28(35)16-12-21-9-7-6-8-10-21)20-23-19-24(30(31,32)33)13-14-25(23)26-17-22(11-15-27(26)37-3)18-29(36)38-5-2/h6-11,13-15,17,19H,4-5,12,16,18,20H2,1-3H3. The van der Waals surface area contributed by atoms with Crippen LogP contribution in [0, 0.1) is 0 Å². The lowest BCUT2D eigenvalue weighted by atomic mass is 9.94. The highest BCUT2D eigenvalue weighted by molar-refractivity contribution is 5.79. The number of benzene rings is 3. The van der Waals surface area contributed by atoms with Crippen molar-refractivity contribution < 1.29 is 32.2 Å². The van der Waals surface area contributed by atoms with Crippen molar-refractivity contribution in [3.05, 3.63) is 89.0 Å². The number of nitrogens with zero attached hydrogens (tertiary/aromatic N) is 1. The molecule has 0 aromatic heterocycles. The maximum absolute atomic E-state index is 13.7. The Balaban J connectivity index is 1.98. The van der Waals surface area contributed by atoms with Gasteiger partial charge in [-0.2, -0.15) is 13.2 Å². The maximum Gasteiger partial charge on any atom is 0.416 e. The van der Waals surface area contributed by atoms with E-state index >= 15 is 0 Å². The second-order valence-electron chi connectivity index (χ2n) is 8.78. The van der Waals surface area contributed by atoms with E-state index < -0.39 is 17.7 Å². The van der Waals surface area contributed by atoms with Crippen LogP contribution in [-0.2, 0) is 39.9 Å². The minimum absolute atomic E-state index is 0.00532. The largest absolute Gasteiger partial charge is 0.496 e. The summed E-state index contributed by atoms with van der Waals surface area (Å²) < 4.78 is 51.5. The van der Waals surface area contributed by atoms with Crippen molar-refractivity contribution in [2.24, 2.45) is 0 Å². The molecule has 0 spiro atoms. The van der Waals surface area contributed by atoms with Gasteiger partial charge in [-0.1, -0.05) is 42.5 Å². The third kappa shape index (κ3) is 7.60. The molecule has 3 aromatic rings. The number of hydrogen-bond donors (Lipinski definition) is 0. The van der Waals surface area contributed by atoms with Gasteiger partial charge in [0.2, 0.25) is 5.91 Å². The molecule has 0 bridgehead atoms. The minimum Gasteiger partial charge on any atom is -0.496 e. The molecule has 38 heavy (non-hydrogen) atoms. The van der Waals surface area contributed by atoms with Crippen molar-refractivity contribution in [2.75, 3.05) is 20.3 Å². The van der Waals surface area contributed by atoms with Crippen molar-refractivity contribution in [1.29, 1.82) is 0 Å². The van der Waals surface area contributed by atoms with E-state index in [1.165, 1.54) is 13.2 Å². The molecule has 1 amide bonds. The third-order valence-electron chi connectivity index (χ3n) is 6.21. The molecular formula is C30H32F3NO4. The number of rotatable bonds is 11. The Hall–Kier alpha value is -3.81. The minimum atomic E-state index is -4.54. The summed E-state index contributed by atoms with van der Waals surface area (Å²) in [6.45, 7) is 4.09. The summed E-state index contributed by atoms with van der Waals surface area (Å²) in [6, 6.07) is 18.2. The Morgan fingerprint density at radius 2 is 1.63 bits per heavy atom. The summed E-state index contributed by atoms with van der Waals surface area (Å²) in [5.41, 5.74) is 2.21. The first-order chi connectivity index (χ1) is 18.2. The topological polar surface area (TPSA) is 55.8 Å². The van der Waals surface area contributed by atoms with Crippen LogP contribution in [0.2, 0.25) is 0 Å². The third-order valence-corrected chi connectivity index (χ3v) is 6.21. The van der Waals surface area contributed by atoms with Crippen molar-refractivity contribution in [2.45, 2.75) is 45.8 Å². The van der Waals surface area contributed by atoms with Gasteiger partial charge in [0, 0.05) is 25.1 Å². The first-order valence-electron chi connectivity index (χ1n) is 12.5. The zero-order valence-corrected chi connectivity index (χ0v) is 21.8. The van der Waals surface area contributed by atoms with Gasteiger partial charge in [-0.3, -0.25) is 9.59 Å². The molecule has 0 aliphatic heterocycles. The first-order valence-corrected chi connectivity index (χ1v) is 12.5. The Kier molecular flexibility index (Phi) is 9.93. The van der Waals surface area contributed by atoms with Crippen LogP contribution >= 0.6 is 0 Å². The van der Waals surface area contributed by atoms with E-state index in [9.17, 15) is 22.8 Å². The molecule has 202 valence electrons. The summed E-state index contributed by atoms with van der Waals surface area (Å²) in [4.78, 5) is 26.7. The van der Waals surface area contributed by atoms with Crippen LogP contribution in [0.4, 0.5) is 13.2 Å². The lowest BCUT2D eigenvalue weighted by Crippen LogP contribution is -2.30. The summed E-state index contributed by atoms with van der Waals surface area (Å²) in [6.07, 6.45) is -3.75. The summed E-state index contributed by atoms with van der Waals surface area (Å²) in [5, 5.41) is 0. The average Bonchev–Trinajstić information content (AvgIpc) is 2.90. The van der Waals surface area contributed by atoms with Crippen LogP contribution in [0.15, 0.2) is 66.7 Å². The fourth-order valence-corrected chi connectivity index (χ4v) is 4.25. The van der Waals surface area contributed by atoms with Gasteiger partial charge in [0.25, 0.3) is 0 Å². The van der Waals surface area contributed by atoms with E-state index in [0.717, 1.165) is 17.7 Å². The molecule has 0 heterocycles. The van der Waals surface area contributed by atoms with Crippen molar-refractivity contribution in [3.8, 4) is 16.9 Å². The molecule has 0 atom stereocenters. The van der Waals surface area contributed by atoms with Crippen molar-refractivity contribution in [1.82, 2.24) is 4.90 Å². The maximum atomic E-state index is 13.7. The number of halogens is 3. The molecule has 0 aliphatic carbocycles. The molecule has 0 aliphatic rings. The van der Waals surface area contributed by atoms with Gasteiger partial charge in [0.05, 0.1) is 25.7 Å². The highest BCUT2D eigenvalue weighted by Gasteiger charge is 2.31. The van der Waals surface area contributed by atoms with Crippen LogP contribution in [-0.4, -0.2) is 37.0 Å². The monoisotopic (exact) mass is 527 g/mol. The lowest BCUT2D eigenvalue weighted by Gasteiger charge is -2.24. The van der Waals surface area contributed by atoms with Crippen molar-refractivity contribution in [3.63, 3.8) is 0 Å². The Bertz CT molecular complexity index is 1240. The molecule has 3 rings (SSSR count). The van der Waals surface area contributed by atoms with E-state index in [0.29, 0.717) is 41.0 Å². The molecular weight excluding hydrogens is 495 g/mol. The number of methoxy groups -OCH3 is 1. The molecule has 8 heteroatoms. The fourth-order valence-electron chi connectivity index (χ4n) is 4.25. The molecule has 0 unspecified atom stereocenters. The number of hydrogen-bond acceptors (Lipinski definition) is 4. The first kappa shape index (κ1) is 28.8. The number of esters is 1. The zero-order chi connectivity index (χ0) is 27.7. The van der Waals surface area contributed by atoms with E-state index in [1.54, 1.807) is 36.9 Å². The number of carbonyl (C=O) groups is 2. The highest BCUT2D eigenvalue weighted by atomic mass is 19.4. The number of amides is 1. The molecule has 5 nitrogen and oxygen atoms in total. The molecule has 0 N–H and O–H groups in total. The Labute approximate surface area is 221 Å². The van der Waals surface area contributed by atoms with Gasteiger partial charge in [-0.15, -0.1) is 0 Å². The fraction of sp³-hybridized carbons (Fsp3) is 0.333. The predicted molar refractivity (Wildman–Crippen MR) is 140 cm³/mol.